The van der Waals surface area contributed by atoms with Crippen LogP contribution in [0, 0.1) is 6.92 Å². The summed E-state index contributed by atoms with van der Waals surface area (Å²) in [7, 11) is 0. The first kappa shape index (κ1) is 17.2. The Morgan fingerprint density at radius 2 is 2.00 bits per heavy atom. The quantitative estimate of drug-likeness (QED) is 0.737. The molecule has 3 nitrogen and oxygen atoms in total. The lowest BCUT2D eigenvalue weighted by Crippen LogP contribution is -2.39. The third-order valence-electron chi connectivity index (χ3n) is 4.02. The summed E-state index contributed by atoms with van der Waals surface area (Å²) in [6.07, 6.45) is 5.69. The monoisotopic (exact) mass is 321 g/mol. The first-order valence-corrected chi connectivity index (χ1v) is 9.36. The minimum Gasteiger partial charge on any atom is -0.481 e. The lowest BCUT2D eigenvalue weighted by atomic mass is 10.2. The van der Waals surface area contributed by atoms with E-state index in [1.807, 2.05) is 49.9 Å². The van der Waals surface area contributed by atoms with Gasteiger partial charge in [0, 0.05) is 17.5 Å². The van der Waals surface area contributed by atoms with E-state index in [2.05, 4.69) is 5.32 Å². The van der Waals surface area contributed by atoms with Crippen molar-refractivity contribution in [1.29, 1.82) is 0 Å². The fourth-order valence-electron chi connectivity index (χ4n) is 2.67. The minimum absolute atomic E-state index is 0.00454. The average Bonchev–Trinajstić information content (AvgIpc) is 3.04. The molecule has 0 aromatic heterocycles. The van der Waals surface area contributed by atoms with Crippen molar-refractivity contribution in [2.45, 2.75) is 57.3 Å². The molecule has 0 saturated heterocycles. The molecule has 1 aromatic carbocycles. The number of thioether (sulfide) groups is 1. The molecule has 0 radical (unpaired) electrons. The second-order valence-corrected chi connectivity index (χ2v) is 7.30. The number of ether oxygens (including phenoxy) is 1. The van der Waals surface area contributed by atoms with Crippen molar-refractivity contribution in [2.75, 3.05) is 12.3 Å². The van der Waals surface area contributed by atoms with E-state index in [-0.39, 0.29) is 5.91 Å². The number of hydrogen-bond donors (Lipinski definition) is 1. The van der Waals surface area contributed by atoms with Crippen molar-refractivity contribution in [3.05, 3.63) is 29.8 Å². The van der Waals surface area contributed by atoms with E-state index in [4.69, 9.17) is 4.74 Å². The molecular formula is C18H27NO2S. The molecule has 1 saturated carbocycles. The molecule has 1 aromatic rings. The summed E-state index contributed by atoms with van der Waals surface area (Å²) in [6.45, 7) is 4.75. The number of carbonyl (C=O) groups is 1. The van der Waals surface area contributed by atoms with E-state index in [1.54, 1.807) is 0 Å². The Balaban J connectivity index is 1.70. The highest BCUT2D eigenvalue weighted by Crippen LogP contribution is 2.28. The van der Waals surface area contributed by atoms with E-state index in [9.17, 15) is 4.79 Å². The molecule has 1 N–H and O–H groups in total. The van der Waals surface area contributed by atoms with E-state index in [1.165, 1.54) is 31.2 Å². The Labute approximate surface area is 138 Å². The van der Waals surface area contributed by atoms with Crippen LogP contribution in [0.25, 0.3) is 0 Å². The molecular weight excluding hydrogens is 294 g/mol. The number of rotatable bonds is 8. The molecule has 22 heavy (non-hydrogen) atoms. The molecule has 0 aliphatic heterocycles. The van der Waals surface area contributed by atoms with Gasteiger partial charge in [0.15, 0.2) is 6.10 Å². The van der Waals surface area contributed by atoms with Gasteiger partial charge in [-0.2, -0.15) is 11.8 Å². The van der Waals surface area contributed by atoms with Crippen LogP contribution in [0.4, 0.5) is 0 Å². The van der Waals surface area contributed by atoms with Gasteiger partial charge in [0.25, 0.3) is 5.91 Å². The molecule has 0 heterocycles. The molecule has 1 atom stereocenters. The highest BCUT2D eigenvalue weighted by Gasteiger charge is 2.19. The smallest absolute Gasteiger partial charge is 0.261 e. The Kier molecular flexibility index (Phi) is 7.10. The molecule has 1 aliphatic rings. The van der Waals surface area contributed by atoms with Crippen LogP contribution in [-0.4, -0.2) is 29.6 Å². The maximum atomic E-state index is 12.2. The lowest BCUT2D eigenvalue weighted by Gasteiger charge is -2.17. The fourth-order valence-corrected chi connectivity index (χ4v) is 3.89. The third kappa shape index (κ3) is 5.56. The van der Waals surface area contributed by atoms with Gasteiger partial charge in [0.1, 0.15) is 5.75 Å². The summed E-state index contributed by atoms with van der Waals surface area (Å²) in [5, 5.41) is 3.81. The predicted molar refractivity (Wildman–Crippen MR) is 93.6 cm³/mol. The van der Waals surface area contributed by atoms with Gasteiger partial charge in [0.2, 0.25) is 0 Å². The molecule has 4 heteroatoms. The van der Waals surface area contributed by atoms with Crippen molar-refractivity contribution in [1.82, 2.24) is 5.32 Å². The molecule has 1 fully saturated rings. The number of amides is 1. The average molecular weight is 321 g/mol. The summed E-state index contributed by atoms with van der Waals surface area (Å²) in [4.78, 5) is 12.2. The topological polar surface area (TPSA) is 38.3 Å². The van der Waals surface area contributed by atoms with Crippen LogP contribution in [0.15, 0.2) is 24.3 Å². The maximum Gasteiger partial charge on any atom is 0.261 e. The molecule has 2 rings (SSSR count). The molecule has 0 spiro atoms. The number of nitrogens with one attached hydrogen (secondary N) is 1. The van der Waals surface area contributed by atoms with Gasteiger partial charge in [-0.25, -0.2) is 0 Å². The second-order valence-electron chi connectivity index (χ2n) is 5.90. The molecule has 1 aliphatic carbocycles. The fraction of sp³-hybridized carbons (Fsp3) is 0.611. The zero-order valence-corrected chi connectivity index (χ0v) is 14.5. The van der Waals surface area contributed by atoms with Gasteiger partial charge in [0.05, 0.1) is 0 Å². The number of benzene rings is 1. The second kappa shape index (κ2) is 9.09. The normalized spacial score (nSPS) is 16.5. The SMILES string of the molecule is CCC(Oc1ccc(C)cc1)C(=O)NCCSC1CCCC1. The molecule has 1 unspecified atom stereocenters. The van der Waals surface area contributed by atoms with Crippen molar-refractivity contribution in [3.8, 4) is 5.75 Å². The largest absolute Gasteiger partial charge is 0.481 e. The minimum atomic E-state index is -0.404. The van der Waals surface area contributed by atoms with Crippen LogP contribution >= 0.6 is 11.8 Å². The van der Waals surface area contributed by atoms with Crippen LogP contribution in [0.2, 0.25) is 0 Å². The first-order chi connectivity index (χ1) is 10.7. The maximum absolute atomic E-state index is 12.2. The van der Waals surface area contributed by atoms with Crippen LogP contribution in [0.1, 0.15) is 44.6 Å². The van der Waals surface area contributed by atoms with E-state index in [0.29, 0.717) is 6.42 Å². The van der Waals surface area contributed by atoms with E-state index in [0.717, 1.165) is 23.3 Å². The zero-order valence-electron chi connectivity index (χ0n) is 13.6. The Bertz CT molecular complexity index is 455. The number of aryl methyl sites for hydroxylation is 1. The standard InChI is InChI=1S/C18H27NO2S/c1-3-17(21-15-10-8-14(2)9-11-15)18(20)19-12-13-22-16-6-4-5-7-16/h8-11,16-17H,3-7,12-13H2,1-2H3,(H,19,20). The predicted octanol–water partition coefficient (Wildman–Crippen LogP) is 3.94. The van der Waals surface area contributed by atoms with Gasteiger partial charge < -0.3 is 10.1 Å². The Hall–Kier alpha value is -1.16. The molecule has 1 amide bonds. The highest BCUT2D eigenvalue weighted by atomic mass is 32.2. The van der Waals surface area contributed by atoms with Gasteiger partial charge >= 0.3 is 0 Å². The first-order valence-electron chi connectivity index (χ1n) is 8.31. The van der Waals surface area contributed by atoms with Crippen LogP contribution < -0.4 is 10.1 Å². The van der Waals surface area contributed by atoms with Gasteiger partial charge in [-0.3, -0.25) is 4.79 Å². The van der Waals surface area contributed by atoms with Gasteiger partial charge in [-0.05, 0) is 38.3 Å². The number of hydrogen-bond acceptors (Lipinski definition) is 3. The molecule has 122 valence electrons. The van der Waals surface area contributed by atoms with Crippen molar-refractivity contribution in [3.63, 3.8) is 0 Å². The summed E-state index contributed by atoms with van der Waals surface area (Å²) >= 11 is 2.00. The van der Waals surface area contributed by atoms with Crippen molar-refractivity contribution in [2.24, 2.45) is 0 Å². The van der Waals surface area contributed by atoms with Gasteiger partial charge in [-0.15, -0.1) is 0 Å². The Morgan fingerprint density at radius 1 is 1.32 bits per heavy atom. The van der Waals surface area contributed by atoms with Crippen LogP contribution in [-0.2, 0) is 4.79 Å². The highest BCUT2D eigenvalue weighted by molar-refractivity contribution is 7.99. The van der Waals surface area contributed by atoms with E-state index < -0.39 is 6.10 Å². The zero-order chi connectivity index (χ0) is 15.8. The van der Waals surface area contributed by atoms with Crippen molar-refractivity contribution >= 4 is 17.7 Å². The molecule has 0 bridgehead atoms. The number of carbonyl (C=O) groups excluding carboxylic acids is 1. The van der Waals surface area contributed by atoms with Crippen LogP contribution in [0.3, 0.4) is 0 Å². The third-order valence-corrected chi connectivity index (χ3v) is 5.40. The lowest BCUT2D eigenvalue weighted by molar-refractivity contribution is -0.127. The summed E-state index contributed by atoms with van der Waals surface area (Å²) in [5.74, 6) is 1.75. The summed E-state index contributed by atoms with van der Waals surface area (Å²) in [6, 6.07) is 7.83. The van der Waals surface area contributed by atoms with E-state index >= 15 is 0 Å². The summed E-state index contributed by atoms with van der Waals surface area (Å²) in [5.41, 5.74) is 1.19. The Morgan fingerprint density at radius 3 is 2.64 bits per heavy atom. The summed E-state index contributed by atoms with van der Waals surface area (Å²) < 4.78 is 5.79. The van der Waals surface area contributed by atoms with Crippen LogP contribution in [0.5, 0.6) is 5.75 Å². The van der Waals surface area contributed by atoms with Gasteiger partial charge in [-0.1, -0.05) is 37.5 Å². The van der Waals surface area contributed by atoms with Crippen molar-refractivity contribution < 1.29 is 9.53 Å².